The number of rotatable bonds is 8. The lowest BCUT2D eigenvalue weighted by molar-refractivity contribution is -0.389. The molecule has 0 aliphatic heterocycles. The molecule has 2 rings (SSSR count). The molecule has 144 valence electrons. The number of hydrogen-bond donors (Lipinski definition) is 1. The lowest BCUT2D eigenvalue weighted by Crippen LogP contribution is -2.24. The van der Waals surface area contributed by atoms with Gasteiger partial charge in [0.2, 0.25) is 0 Å². The van der Waals surface area contributed by atoms with Gasteiger partial charge in [-0.3, -0.25) is 4.79 Å². The zero-order valence-electron chi connectivity index (χ0n) is 15.3. The van der Waals surface area contributed by atoms with Gasteiger partial charge in [-0.05, 0) is 11.8 Å². The minimum Gasteiger partial charge on any atom is -0.496 e. The molecule has 27 heavy (non-hydrogen) atoms. The van der Waals surface area contributed by atoms with Crippen LogP contribution < -0.4 is 19.6 Å². The molecule has 0 aliphatic carbocycles. The molecule has 1 heterocycles. The second-order valence-corrected chi connectivity index (χ2v) is 5.30. The first-order chi connectivity index (χ1) is 12.9. The van der Waals surface area contributed by atoms with Gasteiger partial charge in [-0.25, -0.2) is 5.43 Å². The minimum absolute atomic E-state index is 0.214. The first-order valence-corrected chi connectivity index (χ1v) is 7.70. The Hall–Kier alpha value is -3.63. The Balaban J connectivity index is 2.11. The van der Waals surface area contributed by atoms with Gasteiger partial charge in [0.1, 0.15) is 23.8 Å². The molecule has 0 radical (unpaired) electrons. The van der Waals surface area contributed by atoms with Crippen LogP contribution in [0.15, 0.2) is 23.3 Å². The van der Waals surface area contributed by atoms with Gasteiger partial charge in [0.15, 0.2) is 0 Å². The molecule has 0 fully saturated rings. The van der Waals surface area contributed by atoms with Crippen LogP contribution in [-0.4, -0.2) is 48.2 Å². The zero-order chi connectivity index (χ0) is 20.0. The number of nitro groups is 1. The summed E-state index contributed by atoms with van der Waals surface area (Å²) in [5.74, 6) is 0.612. The molecule has 0 atom stereocenters. The molecule has 11 heteroatoms. The predicted octanol–water partition coefficient (Wildman–Crippen LogP) is 1.28. The normalized spacial score (nSPS) is 10.7. The number of aromatic nitrogens is 2. The van der Waals surface area contributed by atoms with Crippen molar-refractivity contribution >= 4 is 17.9 Å². The number of hydrogen-bond acceptors (Lipinski definition) is 8. The molecular weight excluding hydrogens is 358 g/mol. The average molecular weight is 377 g/mol. The smallest absolute Gasteiger partial charge is 0.390 e. The van der Waals surface area contributed by atoms with Crippen molar-refractivity contribution < 1.29 is 23.9 Å². The molecule has 0 unspecified atom stereocenters. The van der Waals surface area contributed by atoms with Crippen molar-refractivity contribution in [2.45, 2.75) is 13.5 Å². The van der Waals surface area contributed by atoms with Gasteiger partial charge in [-0.15, -0.1) is 0 Å². The van der Waals surface area contributed by atoms with Crippen LogP contribution in [0.5, 0.6) is 17.2 Å². The van der Waals surface area contributed by atoms with E-state index >= 15 is 0 Å². The van der Waals surface area contributed by atoms with Crippen LogP contribution in [0, 0.1) is 17.0 Å². The molecule has 0 spiro atoms. The molecule has 1 aromatic heterocycles. The third-order valence-electron chi connectivity index (χ3n) is 3.58. The molecule has 2 aromatic rings. The van der Waals surface area contributed by atoms with Crippen LogP contribution in [0.3, 0.4) is 0 Å². The number of carbonyl (C=O) groups excluding carboxylic acids is 1. The van der Waals surface area contributed by atoms with E-state index in [1.54, 1.807) is 19.1 Å². The molecule has 0 saturated heterocycles. The standard InChI is InChI=1S/C16H19N5O6/c1-10-5-15(21(23)24)19-20(10)9-16(22)18-17-8-12-13(26-3)6-11(25-2)7-14(12)27-4/h5-8H,9H2,1-4H3,(H,18,22). The summed E-state index contributed by atoms with van der Waals surface area (Å²) in [5.41, 5.74) is 3.33. The summed E-state index contributed by atoms with van der Waals surface area (Å²) >= 11 is 0. The van der Waals surface area contributed by atoms with E-state index in [1.165, 1.54) is 38.3 Å². The molecule has 0 bridgehead atoms. The quantitative estimate of drug-likeness (QED) is 0.416. The van der Waals surface area contributed by atoms with E-state index in [-0.39, 0.29) is 12.4 Å². The number of benzene rings is 1. The topological polar surface area (TPSA) is 130 Å². The van der Waals surface area contributed by atoms with Gasteiger partial charge in [-0.1, -0.05) is 0 Å². The maximum Gasteiger partial charge on any atom is 0.390 e. The van der Waals surface area contributed by atoms with E-state index < -0.39 is 10.8 Å². The third kappa shape index (κ3) is 4.71. The van der Waals surface area contributed by atoms with Crippen molar-refractivity contribution in [1.29, 1.82) is 0 Å². The van der Waals surface area contributed by atoms with Crippen molar-refractivity contribution in [2.24, 2.45) is 5.10 Å². The van der Waals surface area contributed by atoms with Crippen LogP contribution in [0.2, 0.25) is 0 Å². The Morgan fingerprint density at radius 3 is 2.37 bits per heavy atom. The number of ether oxygens (including phenoxy) is 3. The van der Waals surface area contributed by atoms with E-state index in [2.05, 4.69) is 15.6 Å². The van der Waals surface area contributed by atoms with Crippen LogP contribution in [0.1, 0.15) is 11.3 Å². The summed E-state index contributed by atoms with van der Waals surface area (Å²) in [5, 5.41) is 18.3. The van der Waals surface area contributed by atoms with Crippen LogP contribution in [-0.2, 0) is 11.3 Å². The van der Waals surface area contributed by atoms with E-state index in [9.17, 15) is 14.9 Å². The average Bonchev–Trinajstić information content (AvgIpc) is 3.02. The second-order valence-electron chi connectivity index (χ2n) is 5.30. The Labute approximate surface area is 154 Å². The molecular formula is C16H19N5O6. The fraction of sp³-hybridized carbons (Fsp3) is 0.312. The highest BCUT2D eigenvalue weighted by Crippen LogP contribution is 2.32. The van der Waals surface area contributed by atoms with Gasteiger partial charge in [0.25, 0.3) is 5.91 Å². The van der Waals surface area contributed by atoms with Crippen molar-refractivity contribution in [3.63, 3.8) is 0 Å². The third-order valence-corrected chi connectivity index (χ3v) is 3.58. The maximum absolute atomic E-state index is 12.0. The summed E-state index contributed by atoms with van der Waals surface area (Å²) in [7, 11) is 4.48. The summed E-state index contributed by atoms with van der Waals surface area (Å²) in [6.07, 6.45) is 1.37. The Kier molecular flexibility index (Phi) is 6.31. The number of amides is 1. The SMILES string of the molecule is COc1cc(OC)c(C=NNC(=O)Cn2nc([N+](=O)[O-])cc2C)c(OC)c1. The van der Waals surface area contributed by atoms with Gasteiger partial charge in [-0.2, -0.15) is 9.78 Å². The Bertz CT molecular complexity index is 851. The Morgan fingerprint density at radius 2 is 1.89 bits per heavy atom. The summed E-state index contributed by atoms with van der Waals surface area (Å²) < 4.78 is 16.9. The summed E-state index contributed by atoms with van der Waals surface area (Å²) in [6, 6.07) is 4.58. The van der Waals surface area contributed by atoms with E-state index in [4.69, 9.17) is 14.2 Å². The minimum atomic E-state index is -0.623. The van der Waals surface area contributed by atoms with E-state index in [1.807, 2.05) is 0 Å². The lowest BCUT2D eigenvalue weighted by Gasteiger charge is -2.12. The van der Waals surface area contributed by atoms with Crippen LogP contribution in [0.4, 0.5) is 5.82 Å². The van der Waals surface area contributed by atoms with Gasteiger partial charge in [0, 0.05) is 12.1 Å². The number of hydrazone groups is 1. The number of nitrogens with zero attached hydrogens (tertiary/aromatic N) is 4. The zero-order valence-corrected chi connectivity index (χ0v) is 15.3. The number of methoxy groups -OCH3 is 3. The molecule has 0 saturated carbocycles. The molecule has 0 aliphatic rings. The van der Waals surface area contributed by atoms with Crippen molar-refractivity contribution in [2.75, 3.05) is 21.3 Å². The number of carbonyl (C=O) groups is 1. The van der Waals surface area contributed by atoms with Gasteiger partial charge >= 0.3 is 5.82 Å². The van der Waals surface area contributed by atoms with Crippen molar-refractivity contribution in [3.05, 3.63) is 39.6 Å². The van der Waals surface area contributed by atoms with Gasteiger partial charge < -0.3 is 24.3 Å². The predicted molar refractivity (Wildman–Crippen MR) is 95.5 cm³/mol. The Morgan fingerprint density at radius 1 is 1.26 bits per heavy atom. The highest BCUT2D eigenvalue weighted by Gasteiger charge is 2.17. The molecule has 1 aromatic carbocycles. The van der Waals surface area contributed by atoms with Crippen molar-refractivity contribution in [3.8, 4) is 17.2 Å². The van der Waals surface area contributed by atoms with E-state index in [0.29, 0.717) is 28.5 Å². The highest BCUT2D eigenvalue weighted by molar-refractivity contribution is 5.89. The highest BCUT2D eigenvalue weighted by atomic mass is 16.6. The van der Waals surface area contributed by atoms with Gasteiger partial charge in [0.05, 0.1) is 50.0 Å². The first-order valence-electron chi connectivity index (χ1n) is 7.70. The van der Waals surface area contributed by atoms with Crippen LogP contribution >= 0.6 is 0 Å². The fourth-order valence-corrected chi connectivity index (χ4v) is 2.24. The molecule has 1 amide bonds. The van der Waals surface area contributed by atoms with Crippen molar-refractivity contribution in [1.82, 2.24) is 15.2 Å². The fourth-order valence-electron chi connectivity index (χ4n) is 2.24. The van der Waals surface area contributed by atoms with E-state index in [0.717, 1.165) is 0 Å². The maximum atomic E-state index is 12.0. The monoisotopic (exact) mass is 377 g/mol. The largest absolute Gasteiger partial charge is 0.496 e. The number of nitrogens with one attached hydrogen (secondary N) is 1. The first kappa shape index (κ1) is 19.7. The molecule has 11 nitrogen and oxygen atoms in total. The lowest BCUT2D eigenvalue weighted by atomic mass is 10.2. The summed E-state index contributed by atoms with van der Waals surface area (Å²) in [4.78, 5) is 22.1. The van der Waals surface area contributed by atoms with Crippen LogP contribution in [0.25, 0.3) is 0 Å². The summed E-state index contributed by atoms with van der Waals surface area (Å²) in [6.45, 7) is 1.40. The number of aryl methyl sites for hydroxylation is 1. The second kappa shape index (κ2) is 8.65. The molecule has 1 N–H and O–H groups in total.